The van der Waals surface area contributed by atoms with Crippen molar-refractivity contribution in [1.82, 2.24) is 0 Å². The lowest BCUT2D eigenvalue weighted by Crippen LogP contribution is -2.12. The highest BCUT2D eigenvalue weighted by Gasteiger charge is 2.14. The summed E-state index contributed by atoms with van der Waals surface area (Å²) in [5.41, 5.74) is 0.847. The van der Waals surface area contributed by atoms with Crippen LogP contribution in [0.2, 0.25) is 0 Å². The first kappa shape index (κ1) is 9.27. The van der Waals surface area contributed by atoms with Gasteiger partial charge in [0.25, 0.3) is 0 Å². The van der Waals surface area contributed by atoms with Crippen LogP contribution in [-0.2, 0) is 6.42 Å². The van der Waals surface area contributed by atoms with E-state index in [-0.39, 0.29) is 6.79 Å². The fourth-order valence-electron chi connectivity index (χ4n) is 1.39. The Bertz CT molecular complexity index is 327. The predicted octanol–water partition coefficient (Wildman–Crippen LogP) is 1.29. The van der Waals surface area contributed by atoms with Gasteiger partial charge in [0.05, 0.1) is 6.10 Å². The molecule has 3 nitrogen and oxygen atoms in total. The first-order chi connectivity index (χ1) is 6.79. The number of rotatable bonds is 3. The Morgan fingerprint density at radius 1 is 1.36 bits per heavy atom. The maximum absolute atomic E-state index is 12.0. The molecule has 0 amide bonds. The van der Waals surface area contributed by atoms with Gasteiger partial charge < -0.3 is 14.6 Å². The number of halogens is 1. The van der Waals surface area contributed by atoms with Gasteiger partial charge >= 0.3 is 0 Å². The molecule has 0 fully saturated rings. The summed E-state index contributed by atoms with van der Waals surface area (Å²) in [5.74, 6) is 1.36. The molecule has 2 rings (SSSR count). The zero-order chi connectivity index (χ0) is 9.97. The zero-order valence-electron chi connectivity index (χ0n) is 7.57. The summed E-state index contributed by atoms with van der Waals surface area (Å²) in [7, 11) is 0. The van der Waals surface area contributed by atoms with Gasteiger partial charge in [0.2, 0.25) is 6.79 Å². The highest BCUT2D eigenvalue weighted by Crippen LogP contribution is 2.32. The Balaban J connectivity index is 2.12. The minimum Gasteiger partial charge on any atom is -0.454 e. The molecule has 1 aliphatic heterocycles. The van der Waals surface area contributed by atoms with Gasteiger partial charge in [0.15, 0.2) is 11.5 Å². The molecule has 0 bridgehead atoms. The number of aliphatic hydroxyl groups excluding tert-OH is 1. The maximum atomic E-state index is 12.0. The lowest BCUT2D eigenvalue weighted by molar-refractivity contribution is 0.140. The van der Waals surface area contributed by atoms with Crippen LogP contribution in [0.15, 0.2) is 18.2 Å². The third-order valence-electron chi connectivity index (χ3n) is 2.09. The van der Waals surface area contributed by atoms with Crippen molar-refractivity contribution in [2.45, 2.75) is 12.5 Å². The third kappa shape index (κ3) is 1.80. The Labute approximate surface area is 81.1 Å². The summed E-state index contributed by atoms with van der Waals surface area (Å²) in [6, 6.07) is 5.33. The molecular weight excluding hydrogens is 187 g/mol. The predicted molar refractivity (Wildman–Crippen MR) is 48.3 cm³/mol. The van der Waals surface area contributed by atoms with Crippen LogP contribution in [0.3, 0.4) is 0 Å². The summed E-state index contributed by atoms with van der Waals surface area (Å²) >= 11 is 0. The fourth-order valence-corrected chi connectivity index (χ4v) is 1.39. The molecule has 1 atom stereocenters. The molecule has 4 heteroatoms. The molecule has 0 aromatic heterocycles. The van der Waals surface area contributed by atoms with E-state index in [1.807, 2.05) is 0 Å². The second kappa shape index (κ2) is 3.84. The second-order valence-electron chi connectivity index (χ2n) is 3.20. The summed E-state index contributed by atoms with van der Waals surface area (Å²) in [4.78, 5) is 0. The Kier molecular flexibility index (Phi) is 2.54. The van der Waals surface area contributed by atoms with Crippen molar-refractivity contribution < 1.29 is 19.0 Å². The van der Waals surface area contributed by atoms with Gasteiger partial charge in [-0.25, -0.2) is 4.39 Å². The molecule has 1 heterocycles. The number of hydrogen-bond donors (Lipinski definition) is 1. The van der Waals surface area contributed by atoms with E-state index in [1.165, 1.54) is 0 Å². The molecular formula is C10H11FO3. The topological polar surface area (TPSA) is 38.7 Å². The van der Waals surface area contributed by atoms with Crippen LogP contribution >= 0.6 is 0 Å². The summed E-state index contributed by atoms with van der Waals surface area (Å²) in [6.07, 6.45) is -0.636. The van der Waals surface area contributed by atoms with Crippen LogP contribution in [-0.4, -0.2) is 24.7 Å². The van der Waals surface area contributed by atoms with Crippen LogP contribution in [0.1, 0.15) is 5.56 Å². The standard InChI is InChI=1S/C10H11FO3/c11-5-8(12)3-7-1-2-9-10(4-7)14-6-13-9/h1-2,4,8,12H,3,5-6H2. The highest BCUT2D eigenvalue weighted by molar-refractivity contribution is 5.44. The van der Waals surface area contributed by atoms with Crippen molar-refractivity contribution in [3.05, 3.63) is 23.8 Å². The largest absolute Gasteiger partial charge is 0.454 e. The van der Waals surface area contributed by atoms with Crippen LogP contribution < -0.4 is 9.47 Å². The molecule has 0 saturated heterocycles. The number of alkyl halides is 1. The average molecular weight is 198 g/mol. The first-order valence-corrected chi connectivity index (χ1v) is 4.42. The van der Waals surface area contributed by atoms with E-state index in [2.05, 4.69) is 0 Å². The molecule has 0 aliphatic carbocycles. The summed E-state index contributed by atoms with van der Waals surface area (Å²) in [5, 5.41) is 9.11. The molecule has 0 spiro atoms. The smallest absolute Gasteiger partial charge is 0.231 e. The van der Waals surface area contributed by atoms with Crippen LogP contribution in [0, 0.1) is 0 Å². The van der Waals surface area contributed by atoms with Crippen molar-refractivity contribution in [3.63, 3.8) is 0 Å². The van der Waals surface area contributed by atoms with Crippen LogP contribution in [0.5, 0.6) is 11.5 Å². The summed E-state index contributed by atoms with van der Waals surface area (Å²) in [6.45, 7) is -0.501. The van der Waals surface area contributed by atoms with Crippen molar-refractivity contribution >= 4 is 0 Å². The van der Waals surface area contributed by atoms with Gasteiger partial charge in [-0.15, -0.1) is 0 Å². The van der Waals surface area contributed by atoms with E-state index < -0.39 is 12.8 Å². The van der Waals surface area contributed by atoms with E-state index in [1.54, 1.807) is 18.2 Å². The van der Waals surface area contributed by atoms with Crippen LogP contribution in [0.25, 0.3) is 0 Å². The second-order valence-corrected chi connectivity index (χ2v) is 3.20. The Morgan fingerprint density at radius 2 is 2.14 bits per heavy atom. The van der Waals surface area contributed by atoms with Gasteiger partial charge in [0, 0.05) is 6.42 Å². The molecule has 1 unspecified atom stereocenters. The Hall–Kier alpha value is -1.29. The van der Waals surface area contributed by atoms with Gasteiger partial charge in [-0.1, -0.05) is 6.07 Å². The number of fused-ring (bicyclic) bond motifs is 1. The number of benzene rings is 1. The van der Waals surface area contributed by atoms with Gasteiger partial charge in [0.1, 0.15) is 6.67 Å². The highest BCUT2D eigenvalue weighted by atomic mass is 19.1. The van der Waals surface area contributed by atoms with E-state index in [0.29, 0.717) is 17.9 Å². The van der Waals surface area contributed by atoms with Crippen molar-refractivity contribution in [3.8, 4) is 11.5 Å². The van der Waals surface area contributed by atoms with Crippen molar-refractivity contribution in [2.75, 3.05) is 13.5 Å². The fraction of sp³-hybridized carbons (Fsp3) is 0.400. The first-order valence-electron chi connectivity index (χ1n) is 4.42. The molecule has 1 aromatic rings. The quantitative estimate of drug-likeness (QED) is 0.795. The van der Waals surface area contributed by atoms with Crippen LogP contribution in [0.4, 0.5) is 4.39 Å². The minimum atomic E-state index is -0.935. The van der Waals surface area contributed by atoms with E-state index in [0.717, 1.165) is 5.56 Å². The molecule has 1 N–H and O–H groups in total. The van der Waals surface area contributed by atoms with Gasteiger partial charge in [-0.3, -0.25) is 0 Å². The molecule has 0 saturated carbocycles. The SMILES string of the molecule is OC(CF)Cc1ccc2c(c1)OCO2. The average Bonchev–Trinajstić information content (AvgIpc) is 2.64. The van der Waals surface area contributed by atoms with Crippen molar-refractivity contribution in [1.29, 1.82) is 0 Å². The third-order valence-corrected chi connectivity index (χ3v) is 2.09. The van der Waals surface area contributed by atoms with Gasteiger partial charge in [-0.2, -0.15) is 0 Å². The number of aliphatic hydroxyl groups is 1. The Morgan fingerprint density at radius 3 is 2.93 bits per heavy atom. The lowest BCUT2D eigenvalue weighted by Gasteiger charge is -2.06. The molecule has 76 valence electrons. The minimum absolute atomic E-state index is 0.227. The maximum Gasteiger partial charge on any atom is 0.231 e. The zero-order valence-corrected chi connectivity index (χ0v) is 7.57. The van der Waals surface area contributed by atoms with Gasteiger partial charge in [-0.05, 0) is 17.7 Å². The molecule has 0 radical (unpaired) electrons. The molecule has 14 heavy (non-hydrogen) atoms. The lowest BCUT2D eigenvalue weighted by atomic mass is 10.1. The number of hydrogen-bond acceptors (Lipinski definition) is 3. The van der Waals surface area contributed by atoms with E-state index >= 15 is 0 Å². The number of ether oxygens (including phenoxy) is 2. The van der Waals surface area contributed by atoms with E-state index in [4.69, 9.17) is 14.6 Å². The van der Waals surface area contributed by atoms with Crippen molar-refractivity contribution in [2.24, 2.45) is 0 Å². The molecule has 1 aliphatic rings. The normalized spacial score (nSPS) is 15.6. The monoisotopic (exact) mass is 198 g/mol. The van der Waals surface area contributed by atoms with E-state index in [9.17, 15) is 4.39 Å². The summed E-state index contributed by atoms with van der Waals surface area (Å²) < 4.78 is 22.3. The molecule has 1 aromatic carbocycles.